The van der Waals surface area contributed by atoms with E-state index in [4.69, 9.17) is 9.52 Å². The van der Waals surface area contributed by atoms with Crippen molar-refractivity contribution in [1.29, 1.82) is 0 Å². The van der Waals surface area contributed by atoms with Crippen LogP contribution in [0, 0.1) is 0 Å². The van der Waals surface area contributed by atoms with Crippen LogP contribution < -0.4 is 0 Å². The zero-order chi connectivity index (χ0) is 7.40. The van der Waals surface area contributed by atoms with E-state index in [1.165, 1.54) is 0 Å². The summed E-state index contributed by atoms with van der Waals surface area (Å²) in [4.78, 5) is 0. The van der Waals surface area contributed by atoms with Crippen LogP contribution in [0.15, 0.2) is 35.2 Å². The van der Waals surface area contributed by atoms with Gasteiger partial charge in [0, 0.05) is 0 Å². The molecular weight excluding hydrogens is 128 g/mol. The number of hydrogen-bond acceptors (Lipinski definition) is 2. The van der Waals surface area contributed by atoms with Crippen LogP contribution >= 0.6 is 0 Å². The van der Waals surface area contributed by atoms with Crippen LogP contribution in [0.25, 0.3) is 0 Å². The standard InChI is InChI=1S/C8H10O2/c1-7(5-9)4-8-2-3-10-6-8/h2-3,6,9H,1,4-5H2. The van der Waals surface area contributed by atoms with E-state index in [-0.39, 0.29) is 6.61 Å². The zero-order valence-corrected chi connectivity index (χ0v) is 5.71. The summed E-state index contributed by atoms with van der Waals surface area (Å²) in [5.74, 6) is 0. The molecule has 1 heterocycles. The lowest BCUT2D eigenvalue weighted by molar-refractivity contribution is 0.329. The second-order valence-electron chi connectivity index (χ2n) is 2.22. The van der Waals surface area contributed by atoms with Gasteiger partial charge in [-0.3, -0.25) is 0 Å². The maximum absolute atomic E-state index is 8.60. The Bertz CT molecular complexity index is 199. The summed E-state index contributed by atoms with van der Waals surface area (Å²) in [5, 5.41) is 8.60. The molecule has 0 aromatic carbocycles. The molecule has 0 aliphatic rings. The van der Waals surface area contributed by atoms with Crippen LogP contribution in [0.4, 0.5) is 0 Å². The van der Waals surface area contributed by atoms with Crippen LogP contribution in [0.1, 0.15) is 5.56 Å². The number of rotatable bonds is 3. The molecule has 0 saturated heterocycles. The topological polar surface area (TPSA) is 33.4 Å². The van der Waals surface area contributed by atoms with Crippen LogP contribution in [0.2, 0.25) is 0 Å². The highest BCUT2D eigenvalue weighted by Crippen LogP contribution is 2.05. The van der Waals surface area contributed by atoms with Gasteiger partial charge in [0.1, 0.15) is 0 Å². The van der Waals surface area contributed by atoms with E-state index in [1.54, 1.807) is 12.5 Å². The Labute approximate surface area is 59.8 Å². The van der Waals surface area contributed by atoms with Crippen molar-refractivity contribution in [3.8, 4) is 0 Å². The first-order valence-corrected chi connectivity index (χ1v) is 3.11. The molecule has 1 rings (SSSR count). The first-order chi connectivity index (χ1) is 4.83. The van der Waals surface area contributed by atoms with Gasteiger partial charge in [0.15, 0.2) is 0 Å². The van der Waals surface area contributed by atoms with Crippen molar-refractivity contribution in [2.24, 2.45) is 0 Å². The first-order valence-electron chi connectivity index (χ1n) is 3.11. The molecule has 0 aliphatic carbocycles. The van der Waals surface area contributed by atoms with Gasteiger partial charge in [-0.2, -0.15) is 0 Å². The molecule has 2 heteroatoms. The molecule has 10 heavy (non-hydrogen) atoms. The van der Waals surface area contributed by atoms with Crippen molar-refractivity contribution < 1.29 is 9.52 Å². The molecule has 2 nitrogen and oxygen atoms in total. The van der Waals surface area contributed by atoms with Gasteiger partial charge >= 0.3 is 0 Å². The van der Waals surface area contributed by atoms with E-state index in [1.807, 2.05) is 6.07 Å². The number of hydrogen-bond donors (Lipinski definition) is 1. The van der Waals surface area contributed by atoms with Crippen LogP contribution in [0.5, 0.6) is 0 Å². The van der Waals surface area contributed by atoms with Crippen molar-refractivity contribution in [1.82, 2.24) is 0 Å². The minimum absolute atomic E-state index is 0.0468. The molecule has 0 radical (unpaired) electrons. The van der Waals surface area contributed by atoms with Gasteiger partial charge in [-0.1, -0.05) is 6.58 Å². The summed E-state index contributed by atoms with van der Waals surface area (Å²) in [6.07, 6.45) is 3.97. The fourth-order valence-corrected chi connectivity index (χ4v) is 0.738. The van der Waals surface area contributed by atoms with Crippen LogP contribution in [-0.4, -0.2) is 11.7 Å². The van der Waals surface area contributed by atoms with E-state index in [0.29, 0.717) is 6.42 Å². The second kappa shape index (κ2) is 3.22. The monoisotopic (exact) mass is 138 g/mol. The van der Waals surface area contributed by atoms with Gasteiger partial charge < -0.3 is 9.52 Å². The molecule has 0 bridgehead atoms. The van der Waals surface area contributed by atoms with Crippen molar-refractivity contribution in [2.75, 3.05) is 6.61 Å². The number of aliphatic hydroxyl groups is 1. The van der Waals surface area contributed by atoms with E-state index >= 15 is 0 Å². The lowest BCUT2D eigenvalue weighted by Crippen LogP contribution is -1.91. The predicted molar refractivity (Wildman–Crippen MR) is 38.6 cm³/mol. The van der Waals surface area contributed by atoms with Crippen molar-refractivity contribution >= 4 is 0 Å². The third kappa shape index (κ3) is 1.74. The Morgan fingerprint density at radius 3 is 3.00 bits per heavy atom. The molecule has 0 fully saturated rings. The number of aliphatic hydroxyl groups excluding tert-OH is 1. The van der Waals surface area contributed by atoms with Crippen molar-refractivity contribution in [3.05, 3.63) is 36.3 Å². The Morgan fingerprint density at radius 1 is 1.70 bits per heavy atom. The fourth-order valence-electron chi connectivity index (χ4n) is 0.738. The minimum Gasteiger partial charge on any atom is -0.472 e. The lowest BCUT2D eigenvalue weighted by atomic mass is 10.1. The predicted octanol–water partition coefficient (Wildman–Crippen LogP) is 1.37. The summed E-state index contributed by atoms with van der Waals surface area (Å²) in [6, 6.07) is 1.86. The van der Waals surface area contributed by atoms with Gasteiger partial charge in [-0.05, 0) is 23.6 Å². The Hall–Kier alpha value is -1.02. The zero-order valence-electron chi connectivity index (χ0n) is 5.71. The van der Waals surface area contributed by atoms with Gasteiger partial charge in [0.25, 0.3) is 0 Å². The summed E-state index contributed by atoms with van der Waals surface area (Å²) < 4.78 is 4.84. The third-order valence-corrected chi connectivity index (χ3v) is 1.26. The molecule has 54 valence electrons. The van der Waals surface area contributed by atoms with E-state index < -0.39 is 0 Å². The molecular formula is C8H10O2. The molecule has 0 unspecified atom stereocenters. The quantitative estimate of drug-likeness (QED) is 0.640. The molecule has 0 spiro atoms. The lowest BCUT2D eigenvalue weighted by Gasteiger charge is -1.95. The summed E-state index contributed by atoms with van der Waals surface area (Å²) >= 11 is 0. The van der Waals surface area contributed by atoms with Gasteiger partial charge in [-0.15, -0.1) is 0 Å². The second-order valence-corrected chi connectivity index (χ2v) is 2.22. The molecule has 0 aliphatic heterocycles. The maximum Gasteiger partial charge on any atom is 0.0937 e. The summed E-state index contributed by atoms with van der Waals surface area (Å²) in [6.45, 7) is 3.70. The largest absolute Gasteiger partial charge is 0.472 e. The van der Waals surface area contributed by atoms with Crippen molar-refractivity contribution in [2.45, 2.75) is 6.42 Å². The molecule has 1 N–H and O–H groups in total. The van der Waals surface area contributed by atoms with E-state index in [2.05, 4.69) is 6.58 Å². The molecule has 0 atom stereocenters. The van der Waals surface area contributed by atoms with Gasteiger partial charge in [0.2, 0.25) is 0 Å². The van der Waals surface area contributed by atoms with Gasteiger partial charge in [-0.25, -0.2) is 0 Å². The minimum atomic E-state index is 0.0468. The first kappa shape index (κ1) is 7.09. The third-order valence-electron chi connectivity index (χ3n) is 1.26. The SMILES string of the molecule is C=C(CO)Cc1ccoc1. The molecule has 0 amide bonds. The average Bonchev–Trinajstić information content (AvgIpc) is 2.40. The Kier molecular flexibility index (Phi) is 2.29. The van der Waals surface area contributed by atoms with Crippen LogP contribution in [0.3, 0.4) is 0 Å². The Balaban J connectivity index is 2.48. The Morgan fingerprint density at radius 2 is 2.50 bits per heavy atom. The van der Waals surface area contributed by atoms with E-state index in [0.717, 1.165) is 11.1 Å². The average molecular weight is 138 g/mol. The smallest absolute Gasteiger partial charge is 0.0937 e. The molecule has 0 saturated carbocycles. The van der Waals surface area contributed by atoms with Gasteiger partial charge in [0.05, 0.1) is 19.1 Å². The highest BCUT2D eigenvalue weighted by atomic mass is 16.3. The van der Waals surface area contributed by atoms with E-state index in [9.17, 15) is 0 Å². The van der Waals surface area contributed by atoms with Crippen molar-refractivity contribution in [3.63, 3.8) is 0 Å². The summed E-state index contributed by atoms with van der Waals surface area (Å²) in [7, 11) is 0. The highest BCUT2D eigenvalue weighted by molar-refractivity contribution is 5.14. The number of furan rings is 1. The maximum atomic E-state index is 8.60. The normalized spacial score (nSPS) is 9.70. The highest BCUT2D eigenvalue weighted by Gasteiger charge is 1.95. The molecule has 1 aromatic rings. The van der Waals surface area contributed by atoms with Crippen LogP contribution in [-0.2, 0) is 6.42 Å². The fraction of sp³-hybridized carbons (Fsp3) is 0.250. The molecule has 1 aromatic heterocycles. The summed E-state index contributed by atoms with van der Waals surface area (Å²) in [5.41, 5.74) is 1.86.